The molecule has 1 aromatic heterocycles. The molecule has 0 radical (unpaired) electrons. The van der Waals surface area contributed by atoms with E-state index in [0.717, 1.165) is 38.9 Å². The molecular formula is C47H37Cl2N5O6. The smallest absolute Gasteiger partial charge is 0.326 e. The lowest BCUT2D eigenvalue weighted by Crippen LogP contribution is -2.54. The van der Waals surface area contributed by atoms with Crippen molar-refractivity contribution in [1.29, 1.82) is 5.26 Å². The van der Waals surface area contributed by atoms with Crippen molar-refractivity contribution in [2.24, 2.45) is 0 Å². The minimum absolute atomic E-state index is 0.0843. The maximum atomic E-state index is 14.2. The summed E-state index contributed by atoms with van der Waals surface area (Å²) in [6, 6.07) is 37.3. The first-order chi connectivity index (χ1) is 29.1. The standard InChI is InChI=1S/C47H37Cl2N5O6/c48-38-18-31(24-51-44(38)49)27-59-37-16-14-34(15-17-37)43-46(56)52-39-20-35-21-41(54(25-30-4-2-1-3-5-30)26-36(35)22-42(39)60-43)45(55)53-40(47(57)58)19-28-6-10-32(11-7-28)33-12-8-29(23-50)9-13-33/h1-18,20,22,24,40-41,43H,19,21,25-27H2,(H,52,56)(H,53,55)(H,57,58)/t40-,41?,43?/m0/s1. The van der Waals surface area contributed by atoms with Crippen LogP contribution in [-0.2, 0) is 46.9 Å². The van der Waals surface area contributed by atoms with Crippen LogP contribution in [0.25, 0.3) is 11.1 Å². The molecule has 0 fully saturated rings. The first kappa shape index (κ1) is 40.1. The van der Waals surface area contributed by atoms with Gasteiger partial charge in [-0.25, -0.2) is 9.78 Å². The topological polar surface area (TPSA) is 154 Å². The Morgan fingerprint density at radius 3 is 2.32 bits per heavy atom. The number of carboxylic acid groups (broad SMARTS) is 1. The third-order valence-corrected chi connectivity index (χ3v) is 11.3. The molecule has 5 aromatic carbocycles. The Bertz CT molecular complexity index is 2600. The average Bonchev–Trinajstić information content (AvgIpc) is 3.26. The summed E-state index contributed by atoms with van der Waals surface area (Å²) >= 11 is 12.0. The number of aliphatic carboxylic acids is 1. The van der Waals surface area contributed by atoms with Gasteiger partial charge >= 0.3 is 5.97 Å². The van der Waals surface area contributed by atoms with Crippen molar-refractivity contribution in [2.45, 2.75) is 50.7 Å². The SMILES string of the molecule is N#Cc1ccc(-c2ccc(C[C@H](NC(=O)C3Cc4cc5c(cc4CN3Cc3ccccc3)OC(c3ccc(OCc4cnc(Cl)c(Cl)c4)cc3)C(=O)N5)C(=O)O)cc2)cc1. The van der Waals surface area contributed by atoms with Crippen LogP contribution in [0.1, 0.15) is 45.0 Å². The van der Waals surface area contributed by atoms with Gasteiger partial charge in [0, 0.05) is 36.8 Å². The summed E-state index contributed by atoms with van der Waals surface area (Å²) in [5.74, 6) is -0.807. The molecule has 0 aliphatic carbocycles. The summed E-state index contributed by atoms with van der Waals surface area (Å²) in [5.41, 5.74) is 7.83. The van der Waals surface area contributed by atoms with Gasteiger partial charge in [-0.05, 0) is 82.3 Å². The third-order valence-electron chi connectivity index (χ3n) is 10.6. The summed E-state index contributed by atoms with van der Waals surface area (Å²) in [6.07, 6.45) is 1.05. The van der Waals surface area contributed by atoms with Crippen molar-refractivity contribution in [1.82, 2.24) is 15.2 Å². The number of nitrogens with zero attached hydrogens (tertiary/aromatic N) is 3. The van der Waals surface area contributed by atoms with Gasteiger partial charge in [0.2, 0.25) is 12.0 Å². The van der Waals surface area contributed by atoms with Gasteiger partial charge in [-0.3, -0.25) is 14.5 Å². The molecule has 13 heteroatoms. The second kappa shape index (κ2) is 17.6. The molecule has 2 aliphatic heterocycles. The van der Waals surface area contributed by atoms with Crippen LogP contribution < -0.4 is 20.1 Å². The minimum atomic E-state index is -1.17. The first-order valence-corrected chi connectivity index (χ1v) is 19.9. The fourth-order valence-corrected chi connectivity index (χ4v) is 7.72. The Morgan fingerprint density at radius 2 is 1.63 bits per heavy atom. The fourth-order valence-electron chi connectivity index (χ4n) is 7.43. The molecule has 6 aromatic rings. The van der Waals surface area contributed by atoms with Crippen LogP contribution in [0.15, 0.2) is 128 Å². The van der Waals surface area contributed by atoms with Crippen LogP contribution in [-0.4, -0.2) is 44.9 Å². The molecule has 11 nitrogen and oxygen atoms in total. The minimum Gasteiger partial charge on any atom is -0.489 e. The maximum Gasteiger partial charge on any atom is 0.326 e. The number of halogens is 2. The number of benzene rings is 5. The van der Waals surface area contributed by atoms with Crippen molar-refractivity contribution in [2.75, 3.05) is 5.32 Å². The molecule has 8 rings (SSSR count). The van der Waals surface area contributed by atoms with Crippen molar-refractivity contribution in [3.63, 3.8) is 0 Å². The number of carbonyl (C=O) groups excluding carboxylic acids is 2. The Hall–Kier alpha value is -6.71. The highest BCUT2D eigenvalue weighted by molar-refractivity contribution is 6.41. The highest BCUT2D eigenvalue weighted by atomic mass is 35.5. The van der Waals surface area contributed by atoms with Crippen molar-refractivity contribution >= 4 is 46.7 Å². The van der Waals surface area contributed by atoms with Gasteiger partial charge in [0.1, 0.15) is 29.3 Å². The van der Waals surface area contributed by atoms with Gasteiger partial charge < -0.3 is 25.2 Å². The molecule has 2 aliphatic rings. The number of ether oxygens (including phenoxy) is 2. The zero-order valence-corrected chi connectivity index (χ0v) is 33.5. The molecule has 3 atom stereocenters. The predicted molar refractivity (Wildman–Crippen MR) is 227 cm³/mol. The van der Waals surface area contributed by atoms with Gasteiger partial charge in [0.25, 0.3) is 5.91 Å². The number of hydrogen-bond acceptors (Lipinski definition) is 8. The molecule has 2 unspecified atom stereocenters. The summed E-state index contributed by atoms with van der Waals surface area (Å²) < 4.78 is 12.2. The van der Waals surface area contributed by atoms with E-state index in [-0.39, 0.29) is 30.5 Å². The first-order valence-electron chi connectivity index (χ1n) is 19.2. The number of carbonyl (C=O) groups is 3. The Labute approximate surface area is 356 Å². The summed E-state index contributed by atoms with van der Waals surface area (Å²) in [6.45, 7) is 1.05. The van der Waals surface area contributed by atoms with Gasteiger partial charge in [-0.2, -0.15) is 5.26 Å². The van der Waals surface area contributed by atoms with Gasteiger partial charge in [0.15, 0.2) is 0 Å². The van der Waals surface area contributed by atoms with E-state index in [0.29, 0.717) is 46.4 Å². The lowest BCUT2D eigenvalue weighted by atomic mass is 9.91. The quantitative estimate of drug-likeness (QED) is 0.103. The largest absolute Gasteiger partial charge is 0.489 e. The van der Waals surface area contributed by atoms with Gasteiger partial charge in [0.05, 0.1) is 28.4 Å². The van der Waals surface area contributed by atoms with E-state index in [4.69, 9.17) is 37.9 Å². The Balaban J connectivity index is 0.972. The number of anilines is 1. The van der Waals surface area contributed by atoms with Crippen LogP contribution in [0, 0.1) is 11.3 Å². The van der Waals surface area contributed by atoms with E-state index in [1.807, 2.05) is 83.8 Å². The number of carboxylic acids is 1. The lowest BCUT2D eigenvalue weighted by molar-refractivity contribution is -0.142. The van der Waals surface area contributed by atoms with E-state index in [9.17, 15) is 19.5 Å². The molecule has 0 bridgehead atoms. The molecule has 60 heavy (non-hydrogen) atoms. The van der Waals surface area contributed by atoms with Crippen molar-refractivity contribution in [3.05, 3.63) is 177 Å². The summed E-state index contributed by atoms with van der Waals surface area (Å²) in [5, 5.41) is 25.8. The number of aromatic nitrogens is 1. The highest BCUT2D eigenvalue weighted by Gasteiger charge is 2.36. The van der Waals surface area contributed by atoms with Crippen LogP contribution in [0.5, 0.6) is 11.5 Å². The Kier molecular flexibility index (Phi) is 11.8. The monoisotopic (exact) mass is 837 g/mol. The predicted octanol–water partition coefficient (Wildman–Crippen LogP) is 8.32. The molecule has 3 N–H and O–H groups in total. The highest BCUT2D eigenvalue weighted by Crippen LogP contribution is 2.40. The Morgan fingerprint density at radius 1 is 0.917 bits per heavy atom. The molecule has 0 saturated carbocycles. The van der Waals surface area contributed by atoms with E-state index in [2.05, 4.69) is 21.7 Å². The number of hydrogen-bond donors (Lipinski definition) is 3. The van der Waals surface area contributed by atoms with E-state index in [1.54, 1.807) is 48.7 Å². The second-order valence-corrected chi connectivity index (χ2v) is 15.4. The maximum absolute atomic E-state index is 14.2. The van der Waals surface area contributed by atoms with Crippen LogP contribution in [0.4, 0.5) is 5.69 Å². The number of rotatable bonds is 12. The average molecular weight is 839 g/mol. The molecule has 0 spiro atoms. The fraction of sp³-hybridized carbons (Fsp3) is 0.170. The van der Waals surface area contributed by atoms with E-state index < -0.39 is 30.1 Å². The number of pyridine rings is 1. The molecule has 300 valence electrons. The zero-order valence-electron chi connectivity index (χ0n) is 32.0. The zero-order chi connectivity index (χ0) is 41.8. The molecule has 0 saturated heterocycles. The van der Waals surface area contributed by atoms with E-state index >= 15 is 0 Å². The summed E-state index contributed by atoms with van der Waals surface area (Å²) in [7, 11) is 0. The molecule has 3 heterocycles. The molecular weight excluding hydrogens is 801 g/mol. The van der Waals surface area contributed by atoms with E-state index in [1.165, 1.54) is 0 Å². The number of nitriles is 1. The third kappa shape index (κ3) is 9.12. The second-order valence-electron chi connectivity index (χ2n) is 14.7. The lowest BCUT2D eigenvalue weighted by Gasteiger charge is -2.37. The van der Waals surface area contributed by atoms with Crippen LogP contribution in [0.3, 0.4) is 0 Å². The number of nitrogens with one attached hydrogen (secondary N) is 2. The number of fused-ring (bicyclic) bond motifs is 2. The van der Waals surface area contributed by atoms with Crippen molar-refractivity contribution in [3.8, 4) is 28.7 Å². The van der Waals surface area contributed by atoms with Crippen LogP contribution >= 0.6 is 23.2 Å². The normalized spacial score (nSPS) is 16.2. The van der Waals surface area contributed by atoms with Gasteiger partial charge in [-0.15, -0.1) is 0 Å². The van der Waals surface area contributed by atoms with Crippen molar-refractivity contribution < 1.29 is 29.0 Å². The number of amides is 2. The summed E-state index contributed by atoms with van der Waals surface area (Å²) in [4.78, 5) is 46.2. The van der Waals surface area contributed by atoms with Gasteiger partial charge in [-0.1, -0.05) is 102 Å². The van der Waals surface area contributed by atoms with Crippen LogP contribution in [0.2, 0.25) is 10.2 Å². The molecule has 2 amide bonds.